The number of rotatable bonds is 4. The molecule has 2 heterocycles. The molecular formula is C16H22N2O4S2. The van der Waals surface area contributed by atoms with Crippen molar-refractivity contribution in [2.24, 2.45) is 5.92 Å². The van der Waals surface area contributed by atoms with E-state index in [-0.39, 0.29) is 30.0 Å². The molecule has 0 unspecified atom stereocenters. The van der Waals surface area contributed by atoms with Gasteiger partial charge in [0.05, 0.1) is 30.0 Å². The van der Waals surface area contributed by atoms with Gasteiger partial charge in [0.15, 0.2) is 0 Å². The number of hydrogen-bond donors (Lipinski definition) is 2. The maximum atomic E-state index is 12.8. The van der Waals surface area contributed by atoms with Gasteiger partial charge < -0.3 is 10.1 Å². The second-order valence-electron chi connectivity index (χ2n) is 6.96. The number of carbonyl (C=O) groups is 1. The third-order valence-electron chi connectivity index (χ3n) is 5.34. The Morgan fingerprint density at radius 2 is 2.08 bits per heavy atom. The quantitative estimate of drug-likeness (QED) is 0.830. The SMILES string of the molecule is CS(=O)(=O)N[C@H]1[C@H](NC(=O)c2csc3c2CCCC3)[C@@H]2CCO[C@@H]21. The fourth-order valence-corrected chi connectivity index (χ4v) is 6.11. The average Bonchev–Trinajstić information content (AvgIpc) is 3.14. The van der Waals surface area contributed by atoms with Gasteiger partial charge >= 0.3 is 0 Å². The summed E-state index contributed by atoms with van der Waals surface area (Å²) in [5.74, 6) is 0.118. The lowest BCUT2D eigenvalue weighted by Crippen LogP contribution is -2.70. The molecule has 3 aliphatic rings. The highest BCUT2D eigenvalue weighted by Gasteiger charge is 2.55. The van der Waals surface area contributed by atoms with Crippen LogP contribution in [-0.2, 0) is 27.6 Å². The first-order chi connectivity index (χ1) is 11.4. The highest BCUT2D eigenvalue weighted by Crippen LogP contribution is 2.40. The number of aryl methyl sites for hydroxylation is 1. The summed E-state index contributed by atoms with van der Waals surface area (Å²) in [5, 5.41) is 5.02. The molecule has 0 radical (unpaired) electrons. The van der Waals surface area contributed by atoms with E-state index in [0.717, 1.165) is 37.5 Å². The first-order valence-corrected chi connectivity index (χ1v) is 11.2. The number of sulfonamides is 1. The van der Waals surface area contributed by atoms with Crippen molar-refractivity contribution in [3.63, 3.8) is 0 Å². The minimum atomic E-state index is -3.34. The third-order valence-corrected chi connectivity index (χ3v) is 7.13. The van der Waals surface area contributed by atoms with E-state index in [1.54, 1.807) is 11.3 Å². The lowest BCUT2D eigenvalue weighted by Gasteiger charge is -2.47. The summed E-state index contributed by atoms with van der Waals surface area (Å²) in [6, 6.07) is -0.565. The fraction of sp³-hybridized carbons (Fsp3) is 0.688. The van der Waals surface area contributed by atoms with Gasteiger partial charge in [-0.1, -0.05) is 0 Å². The Labute approximate surface area is 146 Å². The van der Waals surface area contributed by atoms with Gasteiger partial charge in [0, 0.05) is 22.8 Å². The Hall–Kier alpha value is -0.960. The van der Waals surface area contributed by atoms with Crippen LogP contribution in [0.2, 0.25) is 0 Å². The minimum absolute atomic E-state index is 0.0787. The topological polar surface area (TPSA) is 84.5 Å². The Morgan fingerprint density at radius 3 is 2.88 bits per heavy atom. The Balaban J connectivity index is 1.51. The van der Waals surface area contributed by atoms with E-state index >= 15 is 0 Å². The van der Waals surface area contributed by atoms with Crippen molar-refractivity contribution < 1.29 is 17.9 Å². The molecule has 24 heavy (non-hydrogen) atoms. The number of nitrogens with one attached hydrogen (secondary N) is 2. The number of fused-ring (bicyclic) bond motifs is 2. The maximum Gasteiger partial charge on any atom is 0.252 e. The smallest absolute Gasteiger partial charge is 0.252 e. The Bertz CT molecular complexity index is 758. The predicted molar refractivity (Wildman–Crippen MR) is 91.8 cm³/mol. The molecule has 1 saturated heterocycles. The Kier molecular flexibility index (Phi) is 4.19. The van der Waals surface area contributed by atoms with Crippen LogP contribution < -0.4 is 10.0 Å². The van der Waals surface area contributed by atoms with Crippen molar-refractivity contribution in [3.05, 3.63) is 21.4 Å². The van der Waals surface area contributed by atoms with Gasteiger partial charge in [0.1, 0.15) is 0 Å². The van der Waals surface area contributed by atoms with E-state index in [2.05, 4.69) is 10.0 Å². The van der Waals surface area contributed by atoms with Crippen molar-refractivity contribution in [1.82, 2.24) is 10.0 Å². The molecule has 8 heteroatoms. The van der Waals surface area contributed by atoms with Crippen LogP contribution in [0.15, 0.2) is 5.38 Å². The molecular weight excluding hydrogens is 348 g/mol. The summed E-state index contributed by atoms with van der Waals surface area (Å²) in [6.07, 6.45) is 6.23. The molecule has 4 rings (SSSR count). The lowest BCUT2D eigenvalue weighted by molar-refractivity contribution is -0.0194. The summed E-state index contributed by atoms with van der Waals surface area (Å²) in [5.41, 5.74) is 1.96. The van der Waals surface area contributed by atoms with Crippen LogP contribution in [0.25, 0.3) is 0 Å². The average molecular weight is 370 g/mol. The van der Waals surface area contributed by atoms with Crippen molar-refractivity contribution in [2.75, 3.05) is 12.9 Å². The first-order valence-electron chi connectivity index (χ1n) is 8.43. The highest BCUT2D eigenvalue weighted by atomic mass is 32.2. The molecule has 0 spiro atoms. The van der Waals surface area contributed by atoms with E-state index in [9.17, 15) is 13.2 Å². The van der Waals surface area contributed by atoms with Crippen LogP contribution in [0.4, 0.5) is 0 Å². The van der Waals surface area contributed by atoms with E-state index in [1.807, 2.05) is 5.38 Å². The molecule has 1 amide bonds. The Morgan fingerprint density at radius 1 is 1.29 bits per heavy atom. The first kappa shape index (κ1) is 16.5. The summed E-state index contributed by atoms with van der Waals surface area (Å²) in [7, 11) is -3.34. The van der Waals surface area contributed by atoms with E-state index < -0.39 is 10.0 Å². The molecule has 2 fully saturated rings. The zero-order chi connectivity index (χ0) is 16.9. The minimum Gasteiger partial charge on any atom is -0.376 e. The molecule has 4 atom stereocenters. The second-order valence-corrected chi connectivity index (χ2v) is 9.71. The largest absolute Gasteiger partial charge is 0.376 e. The van der Waals surface area contributed by atoms with Crippen molar-refractivity contribution in [3.8, 4) is 0 Å². The molecule has 2 N–H and O–H groups in total. The zero-order valence-electron chi connectivity index (χ0n) is 13.6. The van der Waals surface area contributed by atoms with Gasteiger partial charge in [-0.05, 0) is 37.7 Å². The van der Waals surface area contributed by atoms with Crippen molar-refractivity contribution in [2.45, 2.75) is 50.3 Å². The summed E-state index contributed by atoms with van der Waals surface area (Å²) in [4.78, 5) is 14.1. The number of ether oxygens (including phenoxy) is 1. The highest BCUT2D eigenvalue weighted by molar-refractivity contribution is 7.88. The number of hydrogen-bond acceptors (Lipinski definition) is 5. The van der Waals surface area contributed by atoms with E-state index in [1.165, 1.54) is 16.9 Å². The molecule has 1 aromatic heterocycles. The zero-order valence-corrected chi connectivity index (χ0v) is 15.2. The molecule has 1 aromatic rings. The number of thiophene rings is 1. The summed E-state index contributed by atoms with van der Waals surface area (Å²) in [6.45, 7) is 0.623. The maximum absolute atomic E-state index is 12.8. The second kappa shape index (κ2) is 6.09. The summed E-state index contributed by atoms with van der Waals surface area (Å²) < 4.78 is 31.4. The normalized spacial score (nSPS) is 31.9. The van der Waals surface area contributed by atoms with Gasteiger partial charge in [0.2, 0.25) is 10.0 Å². The fourth-order valence-electron chi connectivity index (χ4n) is 4.20. The van der Waals surface area contributed by atoms with Gasteiger partial charge in [-0.25, -0.2) is 13.1 Å². The van der Waals surface area contributed by atoms with Crippen LogP contribution >= 0.6 is 11.3 Å². The predicted octanol–water partition coefficient (Wildman–Crippen LogP) is 1.06. The van der Waals surface area contributed by atoms with Gasteiger partial charge in [-0.3, -0.25) is 4.79 Å². The third kappa shape index (κ3) is 2.89. The van der Waals surface area contributed by atoms with Crippen LogP contribution in [0.1, 0.15) is 40.1 Å². The molecule has 6 nitrogen and oxygen atoms in total. The van der Waals surface area contributed by atoms with Crippen LogP contribution in [-0.4, -0.2) is 45.4 Å². The van der Waals surface area contributed by atoms with Gasteiger partial charge in [-0.2, -0.15) is 0 Å². The van der Waals surface area contributed by atoms with Crippen LogP contribution in [0.3, 0.4) is 0 Å². The number of amides is 1. The summed E-state index contributed by atoms with van der Waals surface area (Å²) >= 11 is 1.67. The van der Waals surface area contributed by atoms with Crippen LogP contribution in [0, 0.1) is 5.92 Å². The van der Waals surface area contributed by atoms with Gasteiger partial charge in [0.25, 0.3) is 5.91 Å². The molecule has 1 aliphatic heterocycles. The van der Waals surface area contributed by atoms with Gasteiger partial charge in [-0.15, -0.1) is 11.3 Å². The molecule has 1 saturated carbocycles. The molecule has 2 aliphatic carbocycles. The molecule has 0 bridgehead atoms. The van der Waals surface area contributed by atoms with Crippen LogP contribution in [0.5, 0.6) is 0 Å². The van der Waals surface area contributed by atoms with Crippen molar-refractivity contribution >= 4 is 27.3 Å². The van der Waals surface area contributed by atoms with E-state index in [0.29, 0.717) is 6.61 Å². The lowest BCUT2D eigenvalue weighted by atomic mass is 9.72. The van der Waals surface area contributed by atoms with E-state index in [4.69, 9.17) is 4.74 Å². The standard InChI is InChI=1S/C16H22N2O4S2/c1-24(20,21)18-14-13(10-6-7-22-15(10)14)17-16(19)11-8-23-12-5-3-2-4-9(11)12/h8,10,13-15,18H,2-7H2,1H3,(H,17,19)/t10-,13+,14-,15-/m0/s1. The monoisotopic (exact) mass is 370 g/mol. The molecule has 0 aromatic carbocycles. The van der Waals surface area contributed by atoms with Crippen molar-refractivity contribution in [1.29, 1.82) is 0 Å². The molecule has 132 valence electrons. The number of carbonyl (C=O) groups excluding carboxylic acids is 1.